The highest BCUT2D eigenvalue weighted by Crippen LogP contribution is 2.23. The molecule has 0 amide bonds. The molecule has 1 aromatic carbocycles. The van der Waals surface area contributed by atoms with E-state index >= 15 is 0 Å². The van der Waals surface area contributed by atoms with Crippen LogP contribution in [0, 0.1) is 6.92 Å². The minimum atomic E-state index is 0.0760. The van der Waals surface area contributed by atoms with Crippen LogP contribution in [0.2, 0.25) is 0 Å². The highest BCUT2D eigenvalue weighted by Gasteiger charge is 2.14. The number of aryl methyl sites for hydroxylation is 1. The molecule has 0 atom stereocenters. The van der Waals surface area contributed by atoms with Crippen molar-refractivity contribution in [2.75, 3.05) is 19.6 Å². The maximum atomic E-state index is 12.4. The quantitative estimate of drug-likeness (QED) is 0.679. The number of ketones is 1. The molecule has 3 heteroatoms. The summed E-state index contributed by atoms with van der Waals surface area (Å²) < 4.78 is 5.75. The van der Waals surface area contributed by atoms with Gasteiger partial charge in [0.2, 0.25) is 0 Å². The molecule has 0 fully saturated rings. The van der Waals surface area contributed by atoms with Crippen molar-refractivity contribution < 1.29 is 9.53 Å². The zero-order chi connectivity index (χ0) is 15.1. The first-order valence-corrected chi connectivity index (χ1v) is 7.50. The summed E-state index contributed by atoms with van der Waals surface area (Å²) in [4.78, 5) is 14.7. The lowest BCUT2D eigenvalue weighted by Gasteiger charge is -2.18. The number of carbonyl (C=O) groups is 1. The zero-order valence-electron chi connectivity index (χ0n) is 13.4. The van der Waals surface area contributed by atoms with E-state index in [4.69, 9.17) is 4.74 Å². The van der Waals surface area contributed by atoms with E-state index in [2.05, 4.69) is 18.7 Å². The van der Waals surface area contributed by atoms with Gasteiger partial charge in [0.25, 0.3) is 0 Å². The number of carbonyl (C=O) groups excluding carboxylic acids is 1. The van der Waals surface area contributed by atoms with E-state index in [0.717, 1.165) is 25.2 Å². The monoisotopic (exact) mass is 277 g/mol. The van der Waals surface area contributed by atoms with Crippen molar-refractivity contribution in [3.8, 4) is 5.75 Å². The smallest absolute Gasteiger partial charge is 0.167 e. The highest BCUT2D eigenvalue weighted by atomic mass is 16.5. The third kappa shape index (κ3) is 4.97. The molecule has 0 heterocycles. The predicted molar refractivity (Wildman–Crippen MR) is 83.7 cm³/mol. The van der Waals surface area contributed by atoms with Gasteiger partial charge in [0.15, 0.2) is 5.78 Å². The molecule has 0 aliphatic rings. The van der Waals surface area contributed by atoms with Crippen molar-refractivity contribution in [3.05, 3.63) is 29.3 Å². The Balaban J connectivity index is 2.82. The Morgan fingerprint density at radius 3 is 2.45 bits per heavy atom. The van der Waals surface area contributed by atoms with Crippen LogP contribution in [0.1, 0.15) is 50.0 Å². The fraction of sp³-hybridized carbons (Fsp3) is 0.588. The van der Waals surface area contributed by atoms with E-state index in [1.165, 1.54) is 0 Å². The number of rotatable bonds is 8. The Kier molecular flexibility index (Phi) is 6.73. The third-order valence-electron chi connectivity index (χ3n) is 3.35. The number of Topliss-reactive ketones (excluding diaryl/α,β-unsaturated/α-hetero) is 1. The lowest BCUT2D eigenvalue weighted by molar-refractivity contribution is 0.0960. The molecule has 0 spiro atoms. The fourth-order valence-corrected chi connectivity index (χ4v) is 2.15. The largest absolute Gasteiger partial charge is 0.490 e. The van der Waals surface area contributed by atoms with Gasteiger partial charge in [-0.3, -0.25) is 4.79 Å². The second-order valence-electron chi connectivity index (χ2n) is 5.37. The molecule has 0 aliphatic heterocycles. The van der Waals surface area contributed by atoms with Gasteiger partial charge in [-0.2, -0.15) is 0 Å². The number of ether oxygens (including phenoxy) is 1. The van der Waals surface area contributed by atoms with E-state index in [9.17, 15) is 4.79 Å². The van der Waals surface area contributed by atoms with Gasteiger partial charge in [-0.15, -0.1) is 0 Å². The zero-order valence-corrected chi connectivity index (χ0v) is 13.4. The van der Waals surface area contributed by atoms with Crippen molar-refractivity contribution in [1.29, 1.82) is 0 Å². The molecule has 0 saturated heterocycles. The van der Waals surface area contributed by atoms with Crippen molar-refractivity contribution in [2.24, 2.45) is 0 Å². The summed E-state index contributed by atoms with van der Waals surface area (Å²) in [7, 11) is 0. The summed E-state index contributed by atoms with van der Waals surface area (Å²) in [6, 6.07) is 5.82. The first kappa shape index (κ1) is 16.7. The summed E-state index contributed by atoms with van der Waals surface area (Å²) in [5.74, 6) is 0.867. The molecule has 1 rings (SSSR count). The van der Waals surface area contributed by atoms with E-state index in [1.54, 1.807) is 0 Å². The minimum Gasteiger partial charge on any atom is -0.490 e. The topological polar surface area (TPSA) is 29.5 Å². The number of hydrogen-bond donors (Lipinski definition) is 0. The van der Waals surface area contributed by atoms with E-state index < -0.39 is 0 Å². The Morgan fingerprint density at radius 2 is 1.90 bits per heavy atom. The maximum absolute atomic E-state index is 12.4. The van der Waals surface area contributed by atoms with Crippen LogP contribution >= 0.6 is 0 Å². The number of nitrogens with zero attached hydrogens (tertiary/aromatic N) is 1. The van der Waals surface area contributed by atoms with Gasteiger partial charge in [0.05, 0.1) is 11.7 Å². The summed E-state index contributed by atoms with van der Waals surface area (Å²) in [5, 5.41) is 0. The Morgan fingerprint density at radius 1 is 1.25 bits per heavy atom. The molecule has 1 aromatic rings. The normalized spacial score (nSPS) is 11.2. The van der Waals surface area contributed by atoms with Crippen molar-refractivity contribution in [1.82, 2.24) is 4.90 Å². The van der Waals surface area contributed by atoms with Crippen molar-refractivity contribution in [2.45, 2.75) is 47.1 Å². The van der Waals surface area contributed by atoms with Gasteiger partial charge in [0.1, 0.15) is 5.75 Å². The lowest BCUT2D eigenvalue weighted by atomic mass is 10.0. The molecular weight excluding hydrogens is 250 g/mol. The van der Waals surface area contributed by atoms with Crippen LogP contribution in [-0.4, -0.2) is 36.4 Å². The van der Waals surface area contributed by atoms with E-state index in [1.807, 2.05) is 39.0 Å². The van der Waals surface area contributed by atoms with Gasteiger partial charge >= 0.3 is 0 Å². The van der Waals surface area contributed by atoms with Crippen LogP contribution in [0.15, 0.2) is 18.2 Å². The minimum absolute atomic E-state index is 0.0760. The SMILES string of the molecule is CCN(CC)CCC(=O)c1cc(C)ccc1OC(C)C. The Hall–Kier alpha value is -1.35. The van der Waals surface area contributed by atoms with Crippen LogP contribution < -0.4 is 4.74 Å². The Labute approximate surface area is 122 Å². The van der Waals surface area contributed by atoms with Gasteiger partial charge in [0, 0.05) is 13.0 Å². The molecule has 112 valence electrons. The highest BCUT2D eigenvalue weighted by molar-refractivity contribution is 5.99. The molecule has 0 saturated carbocycles. The van der Waals surface area contributed by atoms with Gasteiger partial charge in [-0.1, -0.05) is 25.5 Å². The maximum Gasteiger partial charge on any atom is 0.167 e. The van der Waals surface area contributed by atoms with Crippen molar-refractivity contribution >= 4 is 5.78 Å². The fourth-order valence-electron chi connectivity index (χ4n) is 2.15. The molecule has 0 aliphatic carbocycles. The first-order chi connectivity index (χ1) is 9.47. The molecule has 3 nitrogen and oxygen atoms in total. The van der Waals surface area contributed by atoms with E-state index in [0.29, 0.717) is 17.7 Å². The molecule has 0 radical (unpaired) electrons. The summed E-state index contributed by atoms with van der Waals surface area (Å²) in [6.45, 7) is 13.0. The molecule has 0 unspecified atom stereocenters. The lowest BCUT2D eigenvalue weighted by Crippen LogP contribution is -2.26. The average Bonchev–Trinajstić information content (AvgIpc) is 2.41. The van der Waals surface area contributed by atoms with Crippen molar-refractivity contribution in [3.63, 3.8) is 0 Å². The number of benzene rings is 1. The second-order valence-corrected chi connectivity index (χ2v) is 5.37. The van der Waals surface area contributed by atoms with Crippen LogP contribution in [0.5, 0.6) is 5.75 Å². The predicted octanol–water partition coefficient (Wildman–Crippen LogP) is 3.70. The van der Waals surface area contributed by atoms with Gasteiger partial charge in [-0.05, 0) is 46.0 Å². The molecule has 0 bridgehead atoms. The van der Waals surface area contributed by atoms with Crippen LogP contribution in [0.3, 0.4) is 0 Å². The third-order valence-corrected chi connectivity index (χ3v) is 3.35. The number of hydrogen-bond acceptors (Lipinski definition) is 3. The molecular formula is C17H27NO2. The first-order valence-electron chi connectivity index (χ1n) is 7.50. The average molecular weight is 277 g/mol. The summed E-state index contributed by atoms with van der Waals surface area (Å²) in [6.07, 6.45) is 0.617. The van der Waals surface area contributed by atoms with Crippen LogP contribution in [0.25, 0.3) is 0 Å². The van der Waals surface area contributed by atoms with Crippen LogP contribution in [-0.2, 0) is 0 Å². The summed E-state index contributed by atoms with van der Waals surface area (Å²) >= 11 is 0. The summed E-state index contributed by atoms with van der Waals surface area (Å²) in [5.41, 5.74) is 1.80. The standard InChI is InChI=1S/C17H27NO2/c1-6-18(7-2)11-10-16(19)15-12-14(5)8-9-17(15)20-13(3)4/h8-9,12-13H,6-7,10-11H2,1-5H3. The second kappa shape index (κ2) is 8.05. The molecule has 20 heavy (non-hydrogen) atoms. The Bertz CT molecular complexity index is 437. The van der Waals surface area contributed by atoms with Gasteiger partial charge in [-0.25, -0.2) is 0 Å². The molecule has 0 N–H and O–H groups in total. The van der Waals surface area contributed by atoms with Crippen LogP contribution in [0.4, 0.5) is 0 Å². The van der Waals surface area contributed by atoms with Gasteiger partial charge < -0.3 is 9.64 Å². The van der Waals surface area contributed by atoms with E-state index in [-0.39, 0.29) is 11.9 Å². The molecule has 0 aromatic heterocycles.